The van der Waals surface area contributed by atoms with Gasteiger partial charge in [0, 0.05) is 5.56 Å². The van der Waals surface area contributed by atoms with E-state index in [1.165, 1.54) is 12.1 Å². The summed E-state index contributed by atoms with van der Waals surface area (Å²) < 4.78 is 44.7. The molecule has 2 N–H and O–H groups in total. The third-order valence-corrected chi connectivity index (χ3v) is 3.19. The quantitative estimate of drug-likeness (QED) is 0.842. The number of nitrogen functional groups attached to an aromatic ring is 1. The van der Waals surface area contributed by atoms with Gasteiger partial charge in [-0.2, -0.15) is 23.0 Å². The lowest BCUT2D eigenvalue weighted by atomic mass is 10.1. The minimum atomic E-state index is -4.48. The van der Waals surface area contributed by atoms with Crippen LogP contribution in [0.5, 0.6) is 0 Å². The van der Waals surface area contributed by atoms with Crippen LogP contribution in [-0.4, -0.2) is 21.5 Å². The summed E-state index contributed by atoms with van der Waals surface area (Å²) in [6.45, 7) is 6.63. The van der Waals surface area contributed by atoms with Crippen LogP contribution in [0.2, 0.25) is 0 Å². The van der Waals surface area contributed by atoms with Crippen molar-refractivity contribution in [3.8, 4) is 11.3 Å². The van der Waals surface area contributed by atoms with Crippen molar-refractivity contribution in [1.29, 1.82) is 0 Å². The second-order valence-electron chi connectivity index (χ2n) is 6.32. The molecule has 2 rings (SSSR count). The highest BCUT2D eigenvalue weighted by Gasteiger charge is 2.31. The zero-order valence-electron chi connectivity index (χ0n) is 13.7. The van der Waals surface area contributed by atoms with Crippen molar-refractivity contribution in [2.24, 2.45) is 0 Å². The van der Waals surface area contributed by atoms with Gasteiger partial charge in [0.15, 0.2) is 0 Å². The van der Waals surface area contributed by atoms with E-state index in [0.29, 0.717) is 5.69 Å². The number of rotatable bonds is 1. The average molecular weight is 341 g/mol. The summed E-state index contributed by atoms with van der Waals surface area (Å²) in [6, 6.07) is 4.61. The summed E-state index contributed by atoms with van der Waals surface area (Å²) >= 11 is 0. The van der Waals surface area contributed by atoms with Crippen LogP contribution in [0.25, 0.3) is 11.3 Å². The van der Waals surface area contributed by atoms with E-state index in [9.17, 15) is 18.0 Å². The van der Waals surface area contributed by atoms with Crippen molar-refractivity contribution in [2.45, 2.75) is 39.5 Å². The van der Waals surface area contributed by atoms with Crippen molar-refractivity contribution in [3.63, 3.8) is 0 Å². The van der Waals surface area contributed by atoms with Crippen LogP contribution in [0.1, 0.15) is 32.0 Å². The maximum absolute atomic E-state index is 12.9. The Balaban J connectivity index is 2.47. The topological polar surface area (TPSA) is 70.1 Å². The molecule has 0 fully saturated rings. The molecule has 0 spiro atoms. The lowest BCUT2D eigenvalue weighted by Crippen LogP contribution is -2.28. The third kappa shape index (κ3) is 3.69. The molecule has 130 valence electrons. The van der Waals surface area contributed by atoms with E-state index in [1.54, 1.807) is 27.7 Å². The molecule has 0 aliphatic rings. The number of alkyl halides is 3. The van der Waals surface area contributed by atoms with Gasteiger partial charge >= 0.3 is 12.3 Å². The Morgan fingerprint density at radius 3 is 2.42 bits per heavy atom. The maximum atomic E-state index is 12.9. The SMILES string of the molecule is Cc1c(N)c(-c2cccc(C(F)(F)F)c2)nn1C(=O)OC(C)(C)C. The Morgan fingerprint density at radius 2 is 1.88 bits per heavy atom. The summed E-state index contributed by atoms with van der Waals surface area (Å²) in [7, 11) is 0. The maximum Gasteiger partial charge on any atom is 0.435 e. The van der Waals surface area contributed by atoms with Crippen LogP contribution >= 0.6 is 0 Å². The number of hydrogen-bond acceptors (Lipinski definition) is 4. The molecule has 0 saturated carbocycles. The lowest BCUT2D eigenvalue weighted by Gasteiger charge is -2.19. The summed E-state index contributed by atoms with van der Waals surface area (Å²) in [5.41, 5.74) is 5.08. The summed E-state index contributed by atoms with van der Waals surface area (Å²) in [5.74, 6) is 0. The fourth-order valence-corrected chi connectivity index (χ4v) is 2.05. The molecule has 1 aromatic carbocycles. The number of carbonyl (C=O) groups excluding carboxylic acids is 1. The minimum absolute atomic E-state index is 0.101. The van der Waals surface area contributed by atoms with E-state index >= 15 is 0 Å². The molecule has 0 aliphatic heterocycles. The highest BCUT2D eigenvalue weighted by atomic mass is 19.4. The van der Waals surface area contributed by atoms with Crippen molar-refractivity contribution in [2.75, 3.05) is 5.73 Å². The van der Waals surface area contributed by atoms with Crippen molar-refractivity contribution >= 4 is 11.8 Å². The number of anilines is 1. The highest BCUT2D eigenvalue weighted by Crippen LogP contribution is 2.34. The Kier molecular flexibility index (Phi) is 4.34. The van der Waals surface area contributed by atoms with Crippen LogP contribution in [0.4, 0.5) is 23.7 Å². The van der Waals surface area contributed by atoms with E-state index in [2.05, 4.69) is 5.10 Å². The standard InChI is InChI=1S/C16H18F3N3O2/c1-9-12(20)13(21-22(9)14(23)24-15(2,3)4)10-6-5-7-11(8-10)16(17,18)19/h5-8H,20H2,1-4H3. The first-order valence-corrected chi connectivity index (χ1v) is 7.16. The van der Waals surface area contributed by atoms with Crippen LogP contribution < -0.4 is 5.73 Å². The Labute approximate surface area is 137 Å². The van der Waals surface area contributed by atoms with Crippen LogP contribution in [0.3, 0.4) is 0 Å². The molecule has 0 unspecified atom stereocenters. The second-order valence-corrected chi connectivity index (χ2v) is 6.32. The smallest absolute Gasteiger partial charge is 0.435 e. The van der Waals surface area contributed by atoms with Gasteiger partial charge in [-0.1, -0.05) is 12.1 Å². The van der Waals surface area contributed by atoms with E-state index in [0.717, 1.165) is 16.8 Å². The van der Waals surface area contributed by atoms with Crippen LogP contribution in [-0.2, 0) is 10.9 Å². The summed E-state index contributed by atoms with van der Waals surface area (Å²) in [5, 5.41) is 4.04. The Morgan fingerprint density at radius 1 is 1.25 bits per heavy atom. The predicted octanol–water partition coefficient (Wildman–Crippen LogP) is 4.24. The molecule has 0 atom stereocenters. The first kappa shape index (κ1) is 17.8. The molecule has 5 nitrogen and oxygen atoms in total. The van der Waals surface area contributed by atoms with Gasteiger partial charge in [-0.3, -0.25) is 0 Å². The normalized spacial score (nSPS) is 12.3. The van der Waals surface area contributed by atoms with Gasteiger partial charge in [0.2, 0.25) is 0 Å². The fraction of sp³-hybridized carbons (Fsp3) is 0.375. The summed E-state index contributed by atoms with van der Waals surface area (Å²) in [4.78, 5) is 12.1. The van der Waals surface area contributed by atoms with E-state index < -0.39 is 23.4 Å². The largest absolute Gasteiger partial charge is 0.442 e. The highest BCUT2D eigenvalue weighted by molar-refractivity contribution is 5.80. The number of carbonyl (C=O) groups is 1. The molecule has 0 aliphatic carbocycles. The van der Waals surface area contributed by atoms with Gasteiger partial charge in [-0.05, 0) is 39.8 Å². The molecule has 8 heteroatoms. The molecule has 0 saturated heterocycles. The molecule has 1 aromatic heterocycles. The zero-order chi connectivity index (χ0) is 18.3. The predicted molar refractivity (Wildman–Crippen MR) is 83.4 cm³/mol. The number of halogens is 3. The third-order valence-electron chi connectivity index (χ3n) is 3.19. The van der Waals surface area contributed by atoms with Crippen molar-refractivity contribution in [1.82, 2.24) is 9.78 Å². The fourth-order valence-electron chi connectivity index (χ4n) is 2.05. The summed E-state index contributed by atoms with van der Waals surface area (Å²) in [6.07, 6.45) is -5.22. The van der Waals surface area contributed by atoms with Crippen molar-refractivity contribution in [3.05, 3.63) is 35.5 Å². The van der Waals surface area contributed by atoms with Gasteiger partial charge in [-0.25, -0.2) is 4.79 Å². The molecule has 0 bridgehead atoms. The number of ether oxygens (including phenoxy) is 1. The van der Waals surface area contributed by atoms with Crippen LogP contribution in [0.15, 0.2) is 24.3 Å². The molecular weight excluding hydrogens is 323 g/mol. The van der Waals surface area contributed by atoms with Gasteiger partial charge in [0.25, 0.3) is 0 Å². The van der Waals surface area contributed by atoms with Crippen LogP contribution in [0, 0.1) is 6.92 Å². The first-order valence-electron chi connectivity index (χ1n) is 7.16. The number of nitrogens with two attached hydrogens (primary N) is 1. The van der Waals surface area contributed by atoms with E-state index in [-0.39, 0.29) is 16.9 Å². The molecular formula is C16H18F3N3O2. The zero-order valence-corrected chi connectivity index (χ0v) is 13.7. The number of aromatic nitrogens is 2. The van der Waals surface area contributed by atoms with E-state index in [1.807, 2.05) is 0 Å². The van der Waals surface area contributed by atoms with Crippen molar-refractivity contribution < 1.29 is 22.7 Å². The lowest BCUT2D eigenvalue weighted by molar-refractivity contribution is -0.137. The molecule has 2 aromatic rings. The number of nitrogens with zero attached hydrogens (tertiary/aromatic N) is 2. The monoisotopic (exact) mass is 341 g/mol. The molecule has 0 radical (unpaired) electrons. The Hall–Kier alpha value is -2.51. The van der Waals surface area contributed by atoms with Gasteiger partial charge in [0.1, 0.15) is 11.3 Å². The Bertz CT molecular complexity index is 774. The van der Waals surface area contributed by atoms with Gasteiger partial charge < -0.3 is 10.5 Å². The molecule has 0 amide bonds. The second kappa shape index (κ2) is 5.85. The number of hydrogen-bond donors (Lipinski definition) is 1. The molecule has 24 heavy (non-hydrogen) atoms. The van der Waals surface area contributed by atoms with E-state index in [4.69, 9.17) is 10.5 Å². The van der Waals surface area contributed by atoms with Gasteiger partial charge in [0.05, 0.1) is 16.9 Å². The van der Waals surface area contributed by atoms with Gasteiger partial charge in [-0.15, -0.1) is 0 Å². The average Bonchev–Trinajstić information content (AvgIpc) is 2.73. The number of benzene rings is 1. The first-order chi connectivity index (χ1) is 10.9. The molecule has 1 heterocycles. The minimum Gasteiger partial charge on any atom is -0.442 e.